The van der Waals surface area contributed by atoms with Gasteiger partial charge in [-0.15, -0.1) is 6.58 Å². The van der Waals surface area contributed by atoms with Crippen molar-refractivity contribution in [2.24, 2.45) is 0 Å². The van der Waals surface area contributed by atoms with Crippen LogP contribution in [0.4, 0.5) is 0 Å². The van der Waals surface area contributed by atoms with Crippen LogP contribution in [0.2, 0.25) is 0 Å². The van der Waals surface area contributed by atoms with Gasteiger partial charge in [-0.05, 0) is 19.4 Å². The van der Waals surface area contributed by atoms with Gasteiger partial charge < -0.3 is 19.6 Å². The van der Waals surface area contributed by atoms with Crippen LogP contribution in [0.3, 0.4) is 0 Å². The highest BCUT2D eigenvalue weighted by Gasteiger charge is 2.12. The molecule has 0 spiro atoms. The van der Waals surface area contributed by atoms with E-state index in [1.54, 1.807) is 13.0 Å². The van der Waals surface area contributed by atoms with Crippen LogP contribution in [0.1, 0.15) is 28.3 Å². The SMILES string of the molecule is C=CCCOCCNCc1cc(C(=O)O)oc1C. The predicted molar refractivity (Wildman–Crippen MR) is 67.7 cm³/mol. The fraction of sp³-hybridized carbons (Fsp3) is 0.462. The molecule has 0 aliphatic rings. The minimum Gasteiger partial charge on any atom is -0.475 e. The first kappa shape index (κ1) is 14.5. The summed E-state index contributed by atoms with van der Waals surface area (Å²) in [7, 11) is 0. The van der Waals surface area contributed by atoms with Gasteiger partial charge in [0, 0.05) is 18.7 Å². The van der Waals surface area contributed by atoms with E-state index in [2.05, 4.69) is 11.9 Å². The second-order valence-electron chi connectivity index (χ2n) is 3.86. The van der Waals surface area contributed by atoms with E-state index < -0.39 is 5.97 Å². The van der Waals surface area contributed by atoms with Gasteiger partial charge in [-0.3, -0.25) is 0 Å². The lowest BCUT2D eigenvalue weighted by Gasteiger charge is -2.04. The van der Waals surface area contributed by atoms with Crippen molar-refractivity contribution in [1.82, 2.24) is 5.32 Å². The maximum atomic E-state index is 10.7. The number of rotatable bonds is 9. The molecule has 0 fully saturated rings. The fourth-order valence-electron chi connectivity index (χ4n) is 1.44. The van der Waals surface area contributed by atoms with E-state index in [1.165, 1.54) is 0 Å². The van der Waals surface area contributed by atoms with Gasteiger partial charge in [0.15, 0.2) is 0 Å². The Labute approximate surface area is 106 Å². The molecule has 0 saturated heterocycles. The minimum absolute atomic E-state index is 0.0217. The van der Waals surface area contributed by atoms with Crippen LogP contribution in [0, 0.1) is 6.92 Å². The first-order chi connectivity index (χ1) is 8.65. The molecule has 0 aliphatic carbocycles. The predicted octanol–water partition coefficient (Wildman–Crippen LogP) is 1.97. The molecule has 0 radical (unpaired) electrons. The van der Waals surface area contributed by atoms with Crippen LogP contribution in [-0.4, -0.2) is 30.8 Å². The number of hydrogen-bond donors (Lipinski definition) is 2. The molecule has 1 rings (SSSR count). The van der Waals surface area contributed by atoms with Crippen molar-refractivity contribution in [3.8, 4) is 0 Å². The van der Waals surface area contributed by atoms with Crippen molar-refractivity contribution in [2.45, 2.75) is 19.9 Å². The van der Waals surface area contributed by atoms with Crippen molar-refractivity contribution in [2.75, 3.05) is 19.8 Å². The standard InChI is InChI=1S/C13H19NO4/c1-3-4-6-17-7-5-14-9-11-8-12(13(15)16)18-10(11)2/h3,8,14H,1,4-7,9H2,2H3,(H,15,16). The molecule has 0 saturated carbocycles. The summed E-state index contributed by atoms with van der Waals surface area (Å²) < 4.78 is 10.4. The summed E-state index contributed by atoms with van der Waals surface area (Å²) in [4.78, 5) is 10.7. The molecule has 1 aromatic heterocycles. The number of ether oxygens (including phenoxy) is 1. The monoisotopic (exact) mass is 253 g/mol. The summed E-state index contributed by atoms with van der Waals surface area (Å²) in [5.41, 5.74) is 0.860. The van der Waals surface area contributed by atoms with Crippen LogP contribution in [0.15, 0.2) is 23.1 Å². The molecule has 2 N–H and O–H groups in total. The largest absolute Gasteiger partial charge is 0.475 e. The van der Waals surface area contributed by atoms with Gasteiger partial charge in [0.1, 0.15) is 5.76 Å². The van der Waals surface area contributed by atoms with Crippen LogP contribution < -0.4 is 5.32 Å². The van der Waals surface area contributed by atoms with Gasteiger partial charge in [-0.25, -0.2) is 4.79 Å². The molecule has 100 valence electrons. The normalized spacial score (nSPS) is 10.5. The summed E-state index contributed by atoms with van der Waals surface area (Å²) in [6, 6.07) is 1.54. The van der Waals surface area contributed by atoms with Crippen LogP contribution >= 0.6 is 0 Å². The van der Waals surface area contributed by atoms with Crippen molar-refractivity contribution in [1.29, 1.82) is 0 Å². The van der Waals surface area contributed by atoms with Gasteiger partial charge in [0.2, 0.25) is 5.76 Å². The molecular weight excluding hydrogens is 234 g/mol. The number of carboxylic acid groups (broad SMARTS) is 1. The van der Waals surface area contributed by atoms with Crippen molar-refractivity contribution in [3.63, 3.8) is 0 Å². The Balaban J connectivity index is 2.23. The third-order valence-corrected chi connectivity index (χ3v) is 2.44. The maximum Gasteiger partial charge on any atom is 0.371 e. The van der Waals surface area contributed by atoms with E-state index in [0.29, 0.717) is 32.1 Å². The molecule has 0 bridgehead atoms. The first-order valence-electron chi connectivity index (χ1n) is 5.87. The Morgan fingerprint density at radius 2 is 2.39 bits per heavy atom. The zero-order chi connectivity index (χ0) is 13.4. The second kappa shape index (κ2) is 7.68. The van der Waals surface area contributed by atoms with Crippen LogP contribution in [-0.2, 0) is 11.3 Å². The van der Waals surface area contributed by atoms with Gasteiger partial charge in [-0.2, -0.15) is 0 Å². The topological polar surface area (TPSA) is 71.7 Å². The summed E-state index contributed by atoms with van der Waals surface area (Å²) in [6.07, 6.45) is 2.67. The minimum atomic E-state index is -1.04. The van der Waals surface area contributed by atoms with Crippen molar-refractivity contribution in [3.05, 3.63) is 35.8 Å². The van der Waals surface area contributed by atoms with E-state index in [1.807, 2.05) is 6.08 Å². The molecule has 0 atom stereocenters. The number of carbonyl (C=O) groups is 1. The zero-order valence-electron chi connectivity index (χ0n) is 10.6. The molecule has 1 heterocycles. The highest BCUT2D eigenvalue weighted by Crippen LogP contribution is 2.14. The van der Waals surface area contributed by atoms with Gasteiger partial charge in [0.25, 0.3) is 0 Å². The summed E-state index contributed by atoms with van der Waals surface area (Å²) >= 11 is 0. The highest BCUT2D eigenvalue weighted by molar-refractivity contribution is 5.84. The molecule has 1 aromatic rings. The molecular formula is C13H19NO4. The quantitative estimate of drug-likeness (QED) is 0.520. The van der Waals surface area contributed by atoms with Crippen LogP contribution in [0.5, 0.6) is 0 Å². The number of aromatic carboxylic acids is 1. The lowest BCUT2D eigenvalue weighted by atomic mass is 10.2. The summed E-state index contributed by atoms with van der Waals surface area (Å²) in [6.45, 7) is 7.95. The van der Waals surface area contributed by atoms with Gasteiger partial charge in [0.05, 0.1) is 13.2 Å². The van der Waals surface area contributed by atoms with Crippen LogP contribution in [0.25, 0.3) is 0 Å². The van der Waals surface area contributed by atoms with E-state index in [-0.39, 0.29) is 5.76 Å². The number of hydrogen-bond acceptors (Lipinski definition) is 4. The number of carboxylic acids is 1. The third-order valence-electron chi connectivity index (χ3n) is 2.44. The van der Waals surface area contributed by atoms with E-state index in [9.17, 15) is 4.79 Å². The number of aryl methyl sites for hydroxylation is 1. The lowest BCUT2D eigenvalue weighted by Crippen LogP contribution is -2.19. The smallest absolute Gasteiger partial charge is 0.371 e. The summed E-state index contributed by atoms with van der Waals surface area (Å²) in [5.74, 6) is -0.434. The Hall–Kier alpha value is -1.59. The van der Waals surface area contributed by atoms with E-state index >= 15 is 0 Å². The zero-order valence-corrected chi connectivity index (χ0v) is 10.6. The molecule has 0 aromatic carbocycles. The average Bonchev–Trinajstić information content (AvgIpc) is 2.70. The molecule has 5 nitrogen and oxygen atoms in total. The Bertz CT molecular complexity index is 398. The lowest BCUT2D eigenvalue weighted by molar-refractivity contribution is 0.0661. The number of nitrogens with one attached hydrogen (secondary N) is 1. The molecule has 18 heavy (non-hydrogen) atoms. The average molecular weight is 253 g/mol. The number of furan rings is 1. The Kier molecular flexibility index (Phi) is 6.18. The maximum absolute atomic E-state index is 10.7. The first-order valence-corrected chi connectivity index (χ1v) is 5.87. The molecule has 0 aliphatic heterocycles. The second-order valence-corrected chi connectivity index (χ2v) is 3.86. The van der Waals surface area contributed by atoms with Crippen molar-refractivity contribution < 1.29 is 19.1 Å². The third kappa shape index (κ3) is 4.73. The highest BCUT2D eigenvalue weighted by atomic mass is 16.5. The summed E-state index contributed by atoms with van der Waals surface area (Å²) in [5, 5.41) is 11.9. The van der Waals surface area contributed by atoms with Gasteiger partial charge in [-0.1, -0.05) is 6.08 Å². The molecule has 0 unspecified atom stereocenters. The van der Waals surface area contributed by atoms with E-state index in [4.69, 9.17) is 14.3 Å². The molecule has 0 amide bonds. The van der Waals surface area contributed by atoms with E-state index in [0.717, 1.165) is 12.0 Å². The fourth-order valence-corrected chi connectivity index (χ4v) is 1.44. The molecule has 5 heteroatoms. The Morgan fingerprint density at radius 3 is 3.00 bits per heavy atom. The van der Waals surface area contributed by atoms with Crippen molar-refractivity contribution >= 4 is 5.97 Å². The Morgan fingerprint density at radius 1 is 1.61 bits per heavy atom. The van der Waals surface area contributed by atoms with Gasteiger partial charge >= 0.3 is 5.97 Å².